The largest absolute Gasteiger partial charge is 0.318 e. The zero-order chi connectivity index (χ0) is 12.5. The number of likely N-dealkylation sites (tertiary alicyclic amines) is 1. The molecule has 2 atom stereocenters. The number of nitrogens with one attached hydrogen (secondary N) is 1. The molecule has 0 bridgehead atoms. The molecule has 2 fully saturated rings. The van der Waals surface area contributed by atoms with Crippen molar-refractivity contribution in [1.82, 2.24) is 15.1 Å². The summed E-state index contributed by atoms with van der Waals surface area (Å²) in [6, 6.07) is 0. The lowest BCUT2D eigenvalue weighted by Crippen LogP contribution is -2.37. The van der Waals surface area contributed by atoms with Gasteiger partial charge in [-0.1, -0.05) is 6.08 Å². The quantitative estimate of drug-likeness (QED) is 0.798. The van der Waals surface area contributed by atoms with Gasteiger partial charge in [0.15, 0.2) is 0 Å². The second-order valence-corrected chi connectivity index (χ2v) is 5.91. The van der Waals surface area contributed by atoms with Gasteiger partial charge in [0.2, 0.25) is 5.91 Å². The summed E-state index contributed by atoms with van der Waals surface area (Å²) < 4.78 is 0. The van der Waals surface area contributed by atoms with Crippen LogP contribution < -0.4 is 5.32 Å². The minimum absolute atomic E-state index is 0.260. The van der Waals surface area contributed by atoms with Crippen molar-refractivity contribution in [2.24, 2.45) is 11.8 Å². The molecule has 100 valence electrons. The lowest BCUT2D eigenvalue weighted by Gasteiger charge is -2.23. The van der Waals surface area contributed by atoms with Crippen LogP contribution in [-0.4, -0.2) is 55.5 Å². The van der Waals surface area contributed by atoms with Crippen molar-refractivity contribution in [1.29, 1.82) is 0 Å². The number of allylic oxidation sites excluding steroid dienone is 2. The summed E-state index contributed by atoms with van der Waals surface area (Å²) in [7, 11) is 1.93. The first-order valence-electron chi connectivity index (χ1n) is 7.12. The Labute approximate surface area is 109 Å². The Morgan fingerprint density at radius 2 is 2.17 bits per heavy atom. The van der Waals surface area contributed by atoms with Gasteiger partial charge in [-0.15, -0.1) is 0 Å². The first kappa shape index (κ1) is 12.2. The molecule has 4 heteroatoms. The standard InChI is InChI=1S/C14H23N3O/c1-16(13-4-2-3-5-13)14(18)10-17-8-11-6-15-7-12(11)9-17/h4,11-12,15H,2-3,5-10H2,1H3/t11-,12+. The summed E-state index contributed by atoms with van der Waals surface area (Å²) in [6.45, 7) is 5.06. The van der Waals surface area contributed by atoms with Crippen molar-refractivity contribution in [3.63, 3.8) is 0 Å². The van der Waals surface area contributed by atoms with Crippen molar-refractivity contribution in [3.05, 3.63) is 11.8 Å². The maximum absolute atomic E-state index is 12.2. The highest BCUT2D eigenvalue weighted by Gasteiger charge is 2.36. The molecule has 2 aliphatic heterocycles. The Morgan fingerprint density at radius 1 is 1.44 bits per heavy atom. The van der Waals surface area contributed by atoms with Gasteiger partial charge in [-0.3, -0.25) is 9.69 Å². The van der Waals surface area contributed by atoms with Gasteiger partial charge in [0.05, 0.1) is 6.54 Å². The van der Waals surface area contributed by atoms with Crippen molar-refractivity contribution in [2.45, 2.75) is 19.3 Å². The van der Waals surface area contributed by atoms with Gasteiger partial charge in [0, 0.05) is 25.8 Å². The van der Waals surface area contributed by atoms with Crippen LogP contribution in [-0.2, 0) is 4.79 Å². The Morgan fingerprint density at radius 3 is 2.78 bits per heavy atom. The van der Waals surface area contributed by atoms with E-state index in [1.807, 2.05) is 11.9 Å². The van der Waals surface area contributed by atoms with E-state index in [0.717, 1.165) is 50.9 Å². The Balaban J connectivity index is 1.52. The normalized spacial score (nSPS) is 31.5. The molecular weight excluding hydrogens is 226 g/mol. The van der Waals surface area contributed by atoms with Crippen LogP contribution in [0.25, 0.3) is 0 Å². The van der Waals surface area contributed by atoms with Crippen LogP contribution in [0.5, 0.6) is 0 Å². The SMILES string of the molecule is CN(C(=O)CN1C[C@H]2CNC[C@H]2C1)C1=CCCC1. The lowest BCUT2D eigenvalue weighted by molar-refractivity contribution is -0.129. The van der Waals surface area contributed by atoms with Crippen LogP contribution >= 0.6 is 0 Å². The van der Waals surface area contributed by atoms with Crippen LogP contribution in [0.3, 0.4) is 0 Å². The number of likely N-dealkylation sites (N-methyl/N-ethyl adjacent to an activating group) is 1. The molecule has 1 aliphatic carbocycles. The number of nitrogens with zero attached hydrogens (tertiary/aromatic N) is 2. The molecule has 2 heterocycles. The number of carbonyl (C=O) groups is 1. The van der Waals surface area contributed by atoms with Gasteiger partial charge in [-0.25, -0.2) is 0 Å². The molecule has 4 nitrogen and oxygen atoms in total. The Bertz CT molecular complexity index is 354. The molecule has 0 spiro atoms. The second kappa shape index (κ2) is 5.02. The molecule has 0 unspecified atom stereocenters. The molecule has 3 rings (SSSR count). The third-order valence-electron chi connectivity index (χ3n) is 4.65. The predicted molar refractivity (Wildman–Crippen MR) is 71.0 cm³/mol. The molecule has 0 aromatic rings. The average molecular weight is 249 g/mol. The molecular formula is C14H23N3O. The molecule has 0 saturated carbocycles. The number of rotatable bonds is 3. The fourth-order valence-corrected chi connectivity index (χ4v) is 3.50. The highest BCUT2D eigenvalue weighted by Crippen LogP contribution is 2.26. The maximum atomic E-state index is 12.2. The van der Waals surface area contributed by atoms with E-state index in [1.54, 1.807) is 0 Å². The minimum Gasteiger partial charge on any atom is -0.318 e. The zero-order valence-corrected chi connectivity index (χ0v) is 11.2. The van der Waals surface area contributed by atoms with E-state index in [0.29, 0.717) is 6.54 Å². The Hall–Kier alpha value is -0.870. The van der Waals surface area contributed by atoms with Crippen molar-refractivity contribution < 1.29 is 4.79 Å². The summed E-state index contributed by atoms with van der Waals surface area (Å²) >= 11 is 0. The average Bonchev–Trinajstić information content (AvgIpc) is 3.03. The third kappa shape index (κ3) is 2.31. The molecule has 3 aliphatic rings. The number of hydrogen-bond acceptors (Lipinski definition) is 3. The summed E-state index contributed by atoms with van der Waals surface area (Å²) in [5, 5.41) is 3.43. The van der Waals surface area contributed by atoms with E-state index in [4.69, 9.17) is 0 Å². The molecule has 0 aromatic heterocycles. The van der Waals surface area contributed by atoms with Crippen molar-refractivity contribution >= 4 is 5.91 Å². The van der Waals surface area contributed by atoms with Crippen LogP contribution in [0.4, 0.5) is 0 Å². The number of fused-ring (bicyclic) bond motifs is 1. The minimum atomic E-state index is 0.260. The fourth-order valence-electron chi connectivity index (χ4n) is 3.50. The van der Waals surface area contributed by atoms with Gasteiger partial charge in [-0.2, -0.15) is 0 Å². The highest BCUT2D eigenvalue weighted by atomic mass is 16.2. The fraction of sp³-hybridized carbons (Fsp3) is 0.786. The molecule has 0 aromatic carbocycles. The predicted octanol–water partition coefficient (Wildman–Crippen LogP) is 0.664. The molecule has 0 radical (unpaired) electrons. The topological polar surface area (TPSA) is 35.6 Å². The van der Waals surface area contributed by atoms with Crippen molar-refractivity contribution in [3.8, 4) is 0 Å². The third-order valence-corrected chi connectivity index (χ3v) is 4.65. The summed E-state index contributed by atoms with van der Waals surface area (Å²) in [5.74, 6) is 1.80. The van der Waals surface area contributed by atoms with Crippen LogP contribution in [0.15, 0.2) is 11.8 Å². The highest BCUT2D eigenvalue weighted by molar-refractivity contribution is 5.79. The van der Waals surface area contributed by atoms with Gasteiger partial charge in [0.1, 0.15) is 0 Å². The van der Waals surface area contributed by atoms with E-state index in [9.17, 15) is 4.79 Å². The summed E-state index contributed by atoms with van der Waals surface area (Å²) in [4.78, 5) is 16.4. The van der Waals surface area contributed by atoms with E-state index < -0.39 is 0 Å². The lowest BCUT2D eigenvalue weighted by atomic mass is 10.0. The van der Waals surface area contributed by atoms with Gasteiger partial charge in [-0.05, 0) is 44.2 Å². The first-order valence-corrected chi connectivity index (χ1v) is 7.12. The van der Waals surface area contributed by atoms with Gasteiger partial charge >= 0.3 is 0 Å². The van der Waals surface area contributed by atoms with Gasteiger partial charge < -0.3 is 10.2 Å². The number of carbonyl (C=O) groups excluding carboxylic acids is 1. The molecule has 18 heavy (non-hydrogen) atoms. The maximum Gasteiger partial charge on any atom is 0.240 e. The monoisotopic (exact) mass is 249 g/mol. The van der Waals surface area contributed by atoms with Crippen LogP contribution in [0.1, 0.15) is 19.3 Å². The molecule has 1 N–H and O–H groups in total. The van der Waals surface area contributed by atoms with E-state index in [-0.39, 0.29) is 5.91 Å². The van der Waals surface area contributed by atoms with Crippen LogP contribution in [0, 0.1) is 11.8 Å². The van der Waals surface area contributed by atoms with E-state index >= 15 is 0 Å². The zero-order valence-electron chi connectivity index (χ0n) is 11.2. The van der Waals surface area contributed by atoms with E-state index in [1.165, 1.54) is 12.1 Å². The van der Waals surface area contributed by atoms with E-state index in [2.05, 4.69) is 16.3 Å². The smallest absolute Gasteiger partial charge is 0.240 e. The van der Waals surface area contributed by atoms with Crippen LogP contribution in [0.2, 0.25) is 0 Å². The number of hydrogen-bond donors (Lipinski definition) is 1. The molecule has 2 saturated heterocycles. The summed E-state index contributed by atoms with van der Waals surface area (Å²) in [5.41, 5.74) is 1.22. The first-order chi connectivity index (χ1) is 8.74. The van der Waals surface area contributed by atoms with Gasteiger partial charge in [0.25, 0.3) is 0 Å². The molecule has 1 amide bonds. The Kier molecular flexibility index (Phi) is 3.39. The summed E-state index contributed by atoms with van der Waals surface area (Å²) in [6.07, 6.45) is 5.61. The number of amides is 1. The van der Waals surface area contributed by atoms with Crippen molar-refractivity contribution in [2.75, 3.05) is 39.8 Å². The second-order valence-electron chi connectivity index (χ2n) is 5.91.